The topological polar surface area (TPSA) is 100.0 Å². The molecule has 2 unspecified atom stereocenters. The second-order valence-electron chi connectivity index (χ2n) is 11.4. The van der Waals surface area contributed by atoms with Gasteiger partial charge in [-0.3, -0.25) is 4.79 Å². The average molecular weight is 499 g/mol. The van der Waals surface area contributed by atoms with Gasteiger partial charge in [-0.15, -0.1) is 0 Å². The quantitative estimate of drug-likeness (QED) is 0.314. The van der Waals surface area contributed by atoms with E-state index in [-0.39, 0.29) is 16.9 Å². The molecule has 1 spiro atoms. The van der Waals surface area contributed by atoms with Gasteiger partial charge in [0.15, 0.2) is 0 Å². The van der Waals surface area contributed by atoms with E-state index in [2.05, 4.69) is 36.4 Å². The van der Waals surface area contributed by atoms with E-state index in [1.807, 2.05) is 43.2 Å². The van der Waals surface area contributed by atoms with E-state index in [0.29, 0.717) is 24.4 Å². The molecule has 5 rings (SSSR count). The third-order valence-electron chi connectivity index (χ3n) is 8.38. The van der Waals surface area contributed by atoms with Crippen LogP contribution in [0.2, 0.25) is 0 Å². The molecule has 0 radical (unpaired) electrons. The van der Waals surface area contributed by atoms with Crippen LogP contribution in [0.4, 0.5) is 5.69 Å². The number of allylic oxidation sites excluding steroid dienone is 6. The summed E-state index contributed by atoms with van der Waals surface area (Å²) in [6.45, 7) is 15.9. The number of fused-ring (bicyclic) bond motifs is 4. The lowest BCUT2D eigenvalue weighted by atomic mass is 9.97. The smallest absolute Gasteiger partial charge is 0.255 e. The Morgan fingerprint density at radius 1 is 1.22 bits per heavy atom. The molecule has 2 atom stereocenters. The number of likely N-dealkylation sites (tertiary alicyclic amines) is 1. The summed E-state index contributed by atoms with van der Waals surface area (Å²) in [7, 11) is 0. The Balaban J connectivity index is 1.44. The third-order valence-corrected chi connectivity index (χ3v) is 8.38. The van der Waals surface area contributed by atoms with Crippen LogP contribution in [0.1, 0.15) is 56.0 Å². The molecule has 1 aromatic rings. The van der Waals surface area contributed by atoms with Crippen LogP contribution in [0.5, 0.6) is 0 Å². The number of rotatable bonds is 6. The van der Waals surface area contributed by atoms with Crippen molar-refractivity contribution in [1.29, 1.82) is 0 Å². The van der Waals surface area contributed by atoms with Crippen molar-refractivity contribution in [2.45, 2.75) is 56.7 Å². The van der Waals surface area contributed by atoms with Crippen LogP contribution in [0, 0.1) is 0 Å². The fourth-order valence-electron chi connectivity index (χ4n) is 6.15. The van der Waals surface area contributed by atoms with Gasteiger partial charge in [0, 0.05) is 60.2 Å². The number of amidine groups is 1. The number of carbonyl (C=O) groups excluding carboxylic acids is 1. The van der Waals surface area contributed by atoms with Gasteiger partial charge in [-0.2, -0.15) is 0 Å². The fraction of sp³-hybridized carbons (Fsp3) is 0.400. The lowest BCUT2D eigenvalue weighted by Crippen LogP contribution is -2.61. The van der Waals surface area contributed by atoms with Crippen LogP contribution < -0.4 is 21.7 Å². The Morgan fingerprint density at radius 2 is 1.97 bits per heavy atom. The monoisotopic (exact) mass is 498 g/mol. The van der Waals surface area contributed by atoms with Crippen molar-refractivity contribution in [3.8, 4) is 0 Å². The number of hydrogen-bond acceptors (Lipinski definition) is 5. The van der Waals surface area contributed by atoms with Crippen molar-refractivity contribution in [2.24, 2.45) is 16.5 Å². The number of aliphatic imine (C=N–C) groups is 1. The van der Waals surface area contributed by atoms with E-state index in [0.717, 1.165) is 48.5 Å². The van der Waals surface area contributed by atoms with Crippen LogP contribution >= 0.6 is 0 Å². The highest BCUT2D eigenvalue weighted by Crippen LogP contribution is 2.56. The van der Waals surface area contributed by atoms with E-state index < -0.39 is 5.66 Å². The normalized spacial score (nSPS) is 28.6. The van der Waals surface area contributed by atoms with E-state index in [9.17, 15) is 4.79 Å². The molecule has 3 fully saturated rings. The predicted molar refractivity (Wildman–Crippen MR) is 151 cm³/mol. The first-order chi connectivity index (χ1) is 17.5. The summed E-state index contributed by atoms with van der Waals surface area (Å²) in [4.78, 5) is 22.5. The van der Waals surface area contributed by atoms with Gasteiger partial charge in [0.25, 0.3) is 5.91 Å². The second kappa shape index (κ2) is 8.85. The summed E-state index contributed by atoms with van der Waals surface area (Å²) in [6.07, 6.45) is 12.0. The molecule has 2 saturated heterocycles. The van der Waals surface area contributed by atoms with Gasteiger partial charge in [-0.1, -0.05) is 31.4 Å². The lowest BCUT2D eigenvalue weighted by Gasteiger charge is -2.37. The molecular weight excluding hydrogens is 460 g/mol. The minimum Gasteiger partial charge on any atom is -0.399 e. The van der Waals surface area contributed by atoms with Crippen LogP contribution in [-0.4, -0.2) is 47.5 Å². The maximum absolute atomic E-state index is 13.6. The Morgan fingerprint density at radius 3 is 2.57 bits per heavy atom. The predicted octanol–water partition coefficient (Wildman–Crippen LogP) is 3.86. The van der Waals surface area contributed by atoms with E-state index in [4.69, 9.17) is 16.5 Å². The second-order valence-corrected chi connectivity index (χ2v) is 11.4. The van der Waals surface area contributed by atoms with Crippen molar-refractivity contribution in [3.63, 3.8) is 0 Å². The summed E-state index contributed by atoms with van der Waals surface area (Å²) in [5.74, 6) is 0.880. The number of nitrogens with zero attached hydrogens (tertiary/aromatic N) is 3. The van der Waals surface area contributed by atoms with Crippen LogP contribution in [0.3, 0.4) is 0 Å². The Bertz CT molecular complexity index is 1300. The Kier molecular flexibility index (Phi) is 6.04. The molecule has 37 heavy (non-hydrogen) atoms. The molecule has 2 bridgehead atoms. The number of carbonyl (C=O) groups is 1. The lowest BCUT2D eigenvalue weighted by molar-refractivity contribution is 0.0562. The molecule has 4 aliphatic rings. The van der Waals surface area contributed by atoms with E-state index in [1.54, 1.807) is 18.2 Å². The van der Waals surface area contributed by atoms with Gasteiger partial charge in [0.05, 0.1) is 0 Å². The summed E-state index contributed by atoms with van der Waals surface area (Å²) < 4.78 is 0. The highest BCUT2D eigenvalue weighted by Gasteiger charge is 2.57. The molecule has 1 amide bonds. The number of benzene rings is 1. The molecule has 1 aromatic carbocycles. The van der Waals surface area contributed by atoms with Gasteiger partial charge in [0.1, 0.15) is 11.5 Å². The maximum atomic E-state index is 13.6. The van der Waals surface area contributed by atoms with Gasteiger partial charge in [-0.25, -0.2) is 4.99 Å². The van der Waals surface area contributed by atoms with Crippen molar-refractivity contribution in [1.82, 2.24) is 10.2 Å². The zero-order valence-corrected chi connectivity index (χ0v) is 22.2. The van der Waals surface area contributed by atoms with Gasteiger partial charge >= 0.3 is 0 Å². The molecule has 7 heteroatoms. The minimum absolute atomic E-state index is 0.00147. The first-order valence-electron chi connectivity index (χ1n) is 12.9. The molecule has 1 saturated carbocycles. The Labute approximate surface area is 220 Å². The molecule has 1 aliphatic carbocycles. The van der Waals surface area contributed by atoms with Crippen LogP contribution in [0.25, 0.3) is 0 Å². The van der Waals surface area contributed by atoms with E-state index >= 15 is 0 Å². The standard InChI is InChI=1S/C30H38N6O/c1-6-8-24(31)13-20(3)22(7-2)15-33-21(4)35-19-29(11-12-29)25-10-9-23(14-26(25)35)27(37)36-18-28(5)16-30(36,32)17-34-28/h6-10,13-15,34H,1-2,11-12,16-19,31-32H2,3-5H3/b20-13+,22-15+,24-8+,33-21+. The number of amides is 1. The summed E-state index contributed by atoms with van der Waals surface area (Å²) in [5, 5.41) is 3.47. The molecule has 194 valence electrons. The molecule has 0 aromatic heterocycles. The summed E-state index contributed by atoms with van der Waals surface area (Å²) in [6, 6.07) is 6.17. The van der Waals surface area contributed by atoms with Crippen molar-refractivity contribution < 1.29 is 4.79 Å². The maximum Gasteiger partial charge on any atom is 0.255 e. The van der Waals surface area contributed by atoms with Crippen LogP contribution in [-0.2, 0) is 5.41 Å². The zero-order valence-electron chi connectivity index (χ0n) is 22.2. The van der Waals surface area contributed by atoms with E-state index in [1.165, 1.54) is 5.56 Å². The highest BCUT2D eigenvalue weighted by atomic mass is 16.2. The zero-order chi connectivity index (χ0) is 26.6. The number of nitrogens with two attached hydrogens (primary N) is 2. The minimum atomic E-state index is -0.624. The first-order valence-corrected chi connectivity index (χ1v) is 12.9. The molecule has 3 heterocycles. The summed E-state index contributed by atoms with van der Waals surface area (Å²) >= 11 is 0. The average Bonchev–Trinajstić information content (AvgIpc) is 3.37. The number of piperazine rings is 1. The largest absolute Gasteiger partial charge is 0.399 e. The highest BCUT2D eigenvalue weighted by molar-refractivity contribution is 6.02. The van der Waals surface area contributed by atoms with Crippen molar-refractivity contribution in [3.05, 3.63) is 89.8 Å². The first kappa shape index (κ1) is 25.2. The van der Waals surface area contributed by atoms with Crippen molar-refractivity contribution in [2.75, 3.05) is 24.5 Å². The van der Waals surface area contributed by atoms with Gasteiger partial charge in [-0.05, 0) is 74.6 Å². The van der Waals surface area contributed by atoms with Gasteiger partial charge < -0.3 is 26.6 Å². The number of anilines is 1. The molecule has 7 nitrogen and oxygen atoms in total. The molecule has 5 N–H and O–H groups in total. The fourth-order valence-corrected chi connectivity index (χ4v) is 6.15. The number of hydrogen-bond donors (Lipinski definition) is 3. The SMILES string of the molecule is C=C\C=C(N)/C=C(C)/C(C=C)=C/N=C(\C)N1CC2(CC2)c2ccc(C(=O)N3CC4(C)CC3(N)CN4)cc21. The summed E-state index contributed by atoms with van der Waals surface area (Å²) in [5.41, 5.74) is 17.6. The number of nitrogens with one attached hydrogen (secondary N) is 1. The Hall–Kier alpha value is -3.42. The molecule has 3 aliphatic heterocycles. The van der Waals surface area contributed by atoms with Crippen molar-refractivity contribution >= 4 is 17.4 Å². The molecular formula is C30H38N6O. The van der Waals surface area contributed by atoms with Gasteiger partial charge in [0.2, 0.25) is 0 Å². The van der Waals surface area contributed by atoms with Crippen LogP contribution in [0.15, 0.2) is 83.7 Å². The third kappa shape index (κ3) is 4.36.